The van der Waals surface area contributed by atoms with Crippen molar-refractivity contribution in [2.45, 2.75) is 25.3 Å². The van der Waals surface area contributed by atoms with Gasteiger partial charge in [-0.05, 0) is 72.1 Å². The summed E-state index contributed by atoms with van der Waals surface area (Å²) in [5.41, 5.74) is 1.94. The number of sulfonamides is 1. The Morgan fingerprint density at radius 1 is 0.971 bits per heavy atom. The molecule has 0 radical (unpaired) electrons. The van der Waals surface area contributed by atoms with Crippen LogP contribution in [0, 0.1) is 13.8 Å². The SMILES string of the molecule is Cc1cc(S(=O)(=O)N(C)C)cc(NC(=O)c2ccc(COc3ccc4ccccc4c3)o2)c1C. The molecular formula is C26H26N2O5S. The van der Waals surface area contributed by atoms with Crippen LogP contribution >= 0.6 is 0 Å². The molecule has 0 aliphatic carbocycles. The lowest BCUT2D eigenvalue weighted by atomic mass is 10.1. The number of benzene rings is 3. The van der Waals surface area contributed by atoms with E-state index in [0.29, 0.717) is 17.2 Å². The van der Waals surface area contributed by atoms with Crippen LogP contribution in [0.15, 0.2) is 76.0 Å². The Balaban J connectivity index is 1.47. The van der Waals surface area contributed by atoms with Crippen molar-refractivity contribution in [2.75, 3.05) is 19.4 Å². The van der Waals surface area contributed by atoms with Crippen LogP contribution in [-0.2, 0) is 16.6 Å². The molecule has 34 heavy (non-hydrogen) atoms. The predicted octanol–water partition coefficient (Wildman–Crippen LogP) is 5.13. The molecule has 0 atom stereocenters. The van der Waals surface area contributed by atoms with Crippen LogP contribution in [0.25, 0.3) is 10.8 Å². The Bertz CT molecular complexity index is 1470. The minimum absolute atomic E-state index is 0.107. The molecule has 0 bridgehead atoms. The highest BCUT2D eigenvalue weighted by atomic mass is 32.2. The van der Waals surface area contributed by atoms with Gasteiger partial charge in [-0.1, -0.05) is 30.3 Å². The van der Waals surface area contributed by atoms with Crippen LogP contribution in [0.1, 0.15) is 27.4 Å². The summed E-state index contributed by atoms with van der Waals surface area (Å²) in [4.78, 5) is 12.9. The van der Waals surface area contributed by atoms with Crippen molar-refractivity contribution in [2.24, 2.45) is 0 Å². The van der Waals surface area contributed by atoms with Crippen LogP contribution in [0.2, 0.25) is 0 Å². The van der Waals surface area contributed by atoms with Crippen molar-refractivity contribution in [3.05, 3.63) is 89.4 Å². The molecule has 0 aliphatic heterocycles. The van der Waals surface area contributed by atoms with Crippen molar-refractivity contribution in [3.63, 3.8) is 0 Å². The van der Waals surface area contributed by atoms with Gasteiger partial charge in [-0.25, -0.2) is 12.7 Å². The van der Waals surface area contributed by atoms with E-state index in [1.165, 1.54) is 20.2 Å². The average molecular weight is 479 g/mol. The van der Waals surface area contributed by atoms with E-state index in [2.05, 4.69) is 5.32 Å². The maximum absolute atomic E-state index is 12.8. The van der Waals surface area contributed by atoms with Gasteiger partial charge < -0.3 is 14.5 Å². The summed E-state index contributed by atoms with van der Waals surface area (Å²) in [6, 6.07) is 20.1. The topological polar surface area (TPSA) is 88.9 Å². The number of hydrogen-bond donors (Lipinski definition) is 1. The summed E-state index contributed by atoms with van der Waals surface area (Å²) in [5, 5.41) is 4.97. The van der Waals surface area contributed by atoms with E-state index in [-0.39, 0.29) is 17.3 Å². The van der Waals surface area contributed by atoms with Crippen LogP contribution in [0.5, 0.6) is 5.75 Å². The molecule has 7 nitrogen and oxygen atoms in total. The molecule has 0 unspecified atom stereocenters. The number of aryl methyl sites for hydroxylation is 1. The molecular weight excluding hydrogens is 452 g/mol. The lowest BCUT2D eigenvalue weighted by molar-refractivity contribution is 0.0992. The number of hydrogen-bond acceptors (Lipinski definition) is 5. The van der Waals surface area contributed by atoms with E-state index >= 15 is 0 Å². The first-order chi connectivity index (χ1) is 16.1. The summed E-state index contributed by atoms with van der Waals surface area (Å²) < 4.78 is 37.7. The first kappa shape index (κ1) is 23.5. The number of nitrogens with one attached hydrogen (secondary N) is 1. The molecule has 1 aromatic heterocycles. The Hall–Kier alpha value is -3.62. The molecule has 0 fully saturated rings. The smallest absolute Gasteiger partial charge is 0.291 e. The Labute approximate surface area is 199 Å². The van der Waals surface area contributed by atoms with E-state index in [1.807, 2.05) is 49.4 Å². The number of nitrogens with zero attached hydrogens (tertiary/aromatic N) is 1. The summed E-state index contributed by atoms with van der Waals surface area (Å²) in [6.07, 6.45) is 0. The monoisotopic (exact) mass is 478 g/mol. The minimum atomic E-state index is -3.64. The number of rotatable bonds is 7. The van der Waals surface area contributed by atoms with E-state index in [1.54, 1.807) is 25.1 Å². The van der Waals surface area contributed by atoms with Crippen LogP contribution < -0.4 is 10.1 Å². The molecule has 1 amide bonds. The molecule has 8 heteroatoms. The highest BCUT2D eigenvalue weighted by molar-refractivity contribution is 7.89. The van der Waals surface area contributed by atoms with E-state index in [0.717, 1.165) is 26.2 Å². The van der Waals surface area contributed by atoms with Gasteiger partial charge in [0.05, 0.1) is 4.90 Å². The quantitative estimate of drug-likeness (QED) is 0.398. The second-order valence-electron chi connectivity index (χ2n) is 8.22. The Kier molecular flexibility index (Phi) is 6.45. The van der Waals surface area contributed by atoms with Crippen LogP contribution in [-0.4, -0.2) is 32.7 Å². The summed E-state index contributed by atoms with van der Waals surface area (Å²) in [5.74, 6) is 0.829. The van der Waals surface area contributed by atoms with Gasteiger partial charge in [0.15, 0.2) is 5.76 Å². The fourth-order valence-corrected chi connectivity index (χ4v) is 4.50. The summed E-state index contributed by atoms with van der Waals surface area (Å²) in [6.45, 7) is 3.79. The molecule has 4 aromatic rings. The predicted molar refractivity (Wildman–Crippen MR) is 132 cm³/mol. The average Bonchev–Trinajstić information content (AvgIpc) is 3.29. The molecule has 1 heterocycles. The zero-order valence-electron chi connectivity index (χ0n) is 19.5. The molecule has 0 spiro atoms. The van der Waals surface area contributed by atoms with E-state index < -0.39 is 15.9 Å². The van der Waals surface area contributed by atoms with Crippen molar-refractivity contribution in [1.82, 2.24) is 4.31 Å². The Morgan fingerprint density at radius 3 is 2.44 bits per heavy atom. The van der Waals surface area contributed by atoms with Gasteiger partial charge >= 0.3 is 0 Å². The van der Waals surface area contributed by atoms with Crippen LogP contribution in [0.4, 0.5) is 5.69 Å². The molecule has 0 saturated carbocycles. The van der Waals surface area contributed by atoms with Crippen molar-refractivity contribution < 1.29 is 22.4 Å². The number of ether oxygens (including phenoxy) is 1. The number of furan rings is 1. The number of amides is 1. The number of anilines is 1. The lowest BCUT2D eigenvalue weighted by Gasteiger charge is -2.16. The number of fused-ring (bicyclic) bond motifs is 1. The minimum Gasteiger partial charge on any atom is -0.486 e. The highest BCUT2D eigenvalue weighted by Crippen LogP contribution is 2.26. The molecule has 3 aromatic carbocycles. The van der Waals surface area contributed by atoms with Gasteiger partial charge in [-0.3, -0.25) is 4.79 Å². The van der Waals surface area contributed by atoms with E-state index in [9.17, 15) is 13.2 Å². The fourth-order valence-electron chi connectivity index (χ4n) is 3.49. The first-order valence-electron chi connectivity index (χ1n) is 10.7. The van der Waals surface area contributed by atoms with Gasteiger partial charge in [0.1, 0.15) is 18.1 Å². The van der Waals surface area contributed by atoms with Gasteiger partial charge in [0.25, 0.3) is 5.91 Å². The zero-order valence-corrected chi connectivity index (χ0v) is 20.3. The second kappa shape index (κ2) is 9.32. The summed E-state index contributed by atoms with van der Waals surface area (Å²) in [7, 11) is -0.710. The fraction of sp³-hybridized carbons (Fsp3) is 0.192. The maximum atomic E-state index is 12.8. The molecule has 0 saturated heterocycles. The molecule has 1 N–H and O–H groups in total. The Morgan fingerprint density at radius 2 is 1.71 bits per heavy atom. The summed E-state index contributed by atoms with van der Waals surface area (Å²) >= 11 is 0. The molecule has 176 valence electrons. The second-order valence-corrected chi connectivity index (χ2v) is 10.4. The largest absolute Gasteiger partial charge is 0.486 e. The van der Waals surface area contributed by atoms with Crippen molar-refractivity contribution in [1.29, 1.82) is 0 Å². The van der Waals surface area contributed by atoms with Gasteiger partial charge in [-0.2, -0.15) is 0 Å². The van der Waals surface area contributed by atoms with Crippen LogP contribution in [0.3, 0.4) is 0 Å². The van der Waals surface area contributed by atoms with Gasteiger partial charge in [0.2, 0.25) is 10.0 Å². The highest BCUT2D eigenvalue weighted by Gasteiger charge is 2.21. The normalized spacial score (nSPS) is 11.7. The first-order valence-corrected chi connectivity index (χ1v) is 12.1. The lowest BCUT2D eigenvalue weighted by Crippen LogP contribution is -2.23. The molecule has 0 aliphatic rings. The maximum Gasteiger partial charge on any atom is 0.291 e. The van der Waals surface area contributed by atoms with Gasteiger partial charge in [0, 0.05) is 19.8 Å². The number of carbonyl (C=O) groups excluding carboxylic acids is 1. The third-order valence-electron chi connectivity index (χ3n) is 5.66. The zero-order chi connectivity index (χ0) is 24.5. The third-order valence-corrected chi connectivity index (χ3v) is 7.45. The van der Waals surface area contributed by atoms with E-state index in [4.69, 9.17) is 9.15 Å². The standard InChI is InChI=1S/C26H26N2O5S/c1-17-13-23(34(30,31)28(3)4)15-24(18(17)2)27-26(29)25-12-11-22(33-25)16-32-21-10-9-19-7-5-6-8-20(19)14-21/h5-15H,16H2,1-4H3,(H,27,29). The number of carbonyl (C=O) groups is 1. The van der Waals surface area contributed by atoms with Crippen molar-refractivity contribution in [3.8, 4) is 5.75 Å². The molecule has 4 rings (SSSR count). The van der Waals surface area contributed by atoms with Gasteiger partial charge in [-0.15, -0.1) is 0 Å². The van der Waals surface area contributed by atoms with Crippen molar-refractivity contribution >= 4 is 32.4 Å². The third kappa shape index (κ3) is 4.83.